The Morgan fingerprint density at radius 1 is 1.37 bits per heavy atom. The molecule has 3 N–H and O–H groups in total. The lowest BCUT2D eigenvalue weighted by Gasteiger charge is -2.07. The van der Waals surface area contributed by atoms with E-state index in [-0.39, 0.29) is 5.69 Å². The Kier molecular flexibility index (Phi) is 3.74. The van der Waals surface area contributed by atoms with E-state index in [1.165, 1.54) is 6.20 Å². The number of anilines is 1. The molecule has 2 aromatic rings. The van der Waals surface area contributed by atoms with Crippen LogP contribution in [0.1, 0.15) is 21.6 Å². The van der Waals surface area contributed by atoms with Gasteiger partial charge in [-0.15, -0.1) is 0 Å². The van der Waals surface area contributed by atoms with Crippen LogP contribution in [-0.4, -0.2) is 10.9 Å². The largest absolute Gasteiger partial charge is 0.381 e. The van der Waals surface area contributed by atoms with Crippen molar-refractivity contribution in [3.05, 3.63) is 59.4 Å². The third-order valence-electron chi connectivity index (χ3n) is 2.57. The minimum absolute atomic E-state index is 0.218. The number of nitriles is 1. The van der Waals surface area contributed by atoms with Gasteiger partial charge in [-0.3, -0.25) is 9.78 Å². The molecule has 19 heavy (non-hydrogen) atoms. The van der Waals surface area contributed by atoms with Crippen molar-refractivity contribution in [1.82, 2.24) is 4.98 Å². The fourth-order valence-electron chi connectivity index (χ4n) is 1.63. The molecule has 94 valence electrons. The number of carbonyl (C=O) groups is 1. The second kappa shape index (κ2) is 5.65. The second-order valence-corrected chi connectivity index (χ2v) is 3.96. The maximum Gasteiger partial charge on any atom is 0.267 e. The van der Waals surface area contributed by atoms with Crippen molar-refractivity contribution in [2.24, 2.45) is 5.73 Å². The standard InChI is InChI=1S/C14H12N4O/c15-8-10-2-1-3-11(6-10)9-18-12-4-5-17-13(7-12)14(16)19/h1-7H,9H2,(H2,16,19)(H,17,18). The van der Waals surface area contributed by atoms with E-state index in [4.69, 9.17) is 11.0 Å². The summed E-state index contributed by atoms with van der Waals surface area (Å²) >= 11 is 0. The fourth-order valence-corrected chi connectivity index (χ4v) is 1.63. The molecule has 1 aromatic carbocycles. The third-order valence-corrected chi connectivity index (χ3v) is 2.57. The van der Waals surface area contributed by atoms with Crippen molar-refractivity contribution in [2.45, 2.75) is 6.54 Å². The van der Waals surface area contributed by atoms with Gasteiger partial charge < -0.3 is 11.1 Å². The third kappa shape index (κ3) is 3.30. The first kappa shape index (κ1) is 12.6. The van der Waals surface area contributed by atoms with Crippen molar-refractivity contribution in [3.8, 4) is 6.07 Å². The van der Waals surface area contributed by atoms with Gasteiger partial charge in [0.25, 0.3) is 5.91 Å². The van der Waals surface area contributed by atoms with Gasteiger partial charge in [-0.05, 0) is 29.8 Å². The molecule has 0 aliphatic rings. The highest BCUT2D eigenvalue weighted by atomic mass is 16.1. The van der Waals surface area contributed by atoms with E-state index in [1.807, 2.05) is 18.2 Å². The van der Waals surface area contributed by atoms with Crippen LogP contribution in [0.15, 0.2) is 42.6 Å². The van der Waals surface area contributed by atoms with Crippen LogP contribution in [0.5, 0.6) is 0 Å². The first-order valence-corrected chi connectivity index (χ1v) is 5.68. The van der Waals surface area contributed by atoms with Gasteiger partial charge in [-0.1, -0.05) is 12.1 Å². The molecule has 1 aromatic heterocycles. The van der Waals surface area contributed by atoms with Gasteiger partial charge in [0.1, 0.15) is 5.69 Å². The highest BCUT2D eigenvalue weighted by molar-refractivity contribution is 5.91. The van der Waals surface area contributed by atoms with Crippen LogP contribution in [0.3, 0.4) is 0 Å². The number of hydrogen-bond donors (Lipinski definition) is 2. The predicted molar refractivity (Wildman–Crippen MR) is 71.2 cm³/mol. The van der Waals surface area contributed by atoms with Gasteiger partial charge in [0.05, 0.1) is 11.6 Å². The Labute approximate surface area is 110 Å². The summed E-state index contributed by atoms with van der Waals surface area (Å²) in [5.74, 6) is -0.560. The lowest BCUT2D eigenvalue weighted by atomic mass is 10.1. The Bertz CT molecular complexity index is 646. The zero-order valence-corrected chi connectivity index (χ0v) is 10.1. The van der Waals surface area contributed by atoms with E-state index < -0.39 is 5.91 Å². The van der Waals surface area contributed by atoms with Crippen LogP contribution in [-0.2, 0) is 6.54 Å². The van der Waals surface area contributed by atoms with Crippen molar-refractivity contribution >= 4 is 11.6 Å². The fraction of sp³-hybridized carbons (Fsp3) is 0.0714. The van der Waals surface area contributed by atoms with E-state index in [1.54, 1.807) is 18.2 Å². The van der Waals surface area contributed by atoms with Crippen LogP contribution < -0.4 is 11.1 Å². The van der Waals surface area contributed by atoms with Gasteiger partial charge in [0.15, 0.2) is 0 Å². The number of nitrogens with zero attached hydrogens (tertiary/aromatic N) is 2. The quantitative estimate of drug-likeness (QED) is 0.865. The van der Waals surface area contributed by atoms with E-state index in [9.17, 15) is 4.79 Å². The molecular weight excluding hydrogens is 240 g/mol. The Morgan fingerprint density at radius 2 is 2.21 bits per heavy atom. The van der Waals surface area contributed by atoms with Gasteiger partial charge in [0, 0.05) is 18.4 Å². The molecule has 5 nitrogen and oxygen atoms in total. The average Bonchev–Trinajstić information content (AvgIpc) is 2.45. The molecule has 1 amide bonds. The zero-order chi connectivity index (χ0) is 13.7. The van der Waals surface area contributed by atoms with Crippen LogP contribution in [0.25, 0.3) is 0 Å². The Balaban J connectivity index is 2.08. The van der Waals surface area contributed by atoms with Gasteiger partial charge in [0.2, 0.25) is 0 Å². The number of nitrogens with two attached hydrogens (primary N) is 1. The molecule has 0 bridgehead atoms. The van der Waals surface area contributed by atoms with Gasteiger partial charge >= 0.3 is 0 Å². The summed E-state index contributed by atoms with van der Waals surface area (Å²) in [5, 5.41) is 12.0. The lowest BCUT2D eigenvalue weighted by molar-refractivity contribution is 0.0995. The Morgan fingerprint density at radius 3 is 2.95 bits per heavy atom. The lowest BCUT2D eigenvalue weighted by Crippen LogP contribution is -2.13. The second-order valence-electron chi connectivity index (χ2n) is 3.96. The predicted octanol–water partition coefficient (Wildman–Crippen LogP) is 1.66. The molecule has 1 heterocycles. The molecule has 0 aliphatic heterocycles. The molecule has 2 rings (SSSR count). The highest BCUT2D eigenvalue weighted by Gasteiger charge is 2.02. The van der Waals surface area contributed by atoms with E-state index in [0.29, 0.717) is 12.1 Å². The molecule has 0 fully saturated rings. The maximum atomic E-state index is 11.0. The van der Waals surface area contributed by atoms with Gasteiger partial charge in [-0.25, -0.2) is 0 Å². The first-order chi connectivity index (χ1) is 9.19. The van der Waals surface area contributed by atoms with Crippen LogP contribution in [0, 0.1) is 11.3 Å². The topological polar surface area (TPSA) is 91.8 Å². The molecule has 0 aliphatic carbocycles. The summed E-state index contributed by atoms with van der Waals surface area (Å²) in [7, 11) is 0. The molecule has 0 atom stereocenters. The van der Waals surface area contributed by atoms with Crippen LogP contribution >= 0.6 is 0 Å². The summed E-state index contributed by atoms with van der Waals surface area (Å²) in [5.41, 5.74) is 7.74. The van der Waals surface area contributed by atoms with E-state index in [2.05, 4.69) is 16.4 Å². The van der Waals surface area contributed by atoms with Gasteiger partial charge in [-0.2, -0.15) is 5.26 Å². The minimum atomic E-state index is -0.560. The smallest absolute Gasteiger partial charge is 0.267 e. The van der Waals surface area contributed by atoms with Crippen LogP contribution in [0.2, 0.25) is 0 Å². The normalized spacial score (nSPS) is 9.63. The maximum absolute atomic E-state index is 11.0. The summed E-state index contributed by atoms with van der Waals surface area (Å²) in [6.07, 6.45) is 1.52. The summed E-state index contributed by atoms with van der Waals surface area (Å²) in [6, 6.07) is 12.7. The first-order valence-electron chi connectivity index (χ1n) is 5.68. The molecule has 0 radical (unpaired) electrons. The molecular formula is C14H12N4O. The number of nitrogens with one attached hydrogen (secondary N) is 1. The van der Waals surface area contributed by atoms with E-state index >= 15 is 0 Å². The number of amides is 1. The Hall–Kier alpha value is -2.87. The number of hydrogen-bond acceptors (Lipinski definition) is 4. The van der Waals surface area contributed by atoms with Crippen molar-refractivity contribution in [2.75, 3.05) is 5.32 Å². The number of carbonyl (C=O) groups excluding carboxylic acids is 1. The number of pyridine rings is 1. The zero-order valence-electron chi connectivity index (χ0n) is 10.1. The number of aromatic nitrogens is 1. The van der Waals surface area contributed by atoms with Crippen LogP contribution in [0.4, 0.5) is 5.69 Å². The number of benzene rings is 1. The van der Waals surface area contributed by atoms with Crippen molar-refractivity contribution in [1.29, 1.82) is 5.26 Å². The summed E-state index contributed by atoms with van der Waals surface area (Å²) in [6.45, 7) is 0.553. The van der Waals surface area contributed by atoms with Crippen molar-refractivity contribution < 1.29 is 4.79 Å². The number of primary amides is 1. The summed E-state index contributed by atoms with van der Waals surface area (Å²) < 4.78 is 0. The SMILES string of the molecule is N#Cc1cccc(CNc2ccnc(C(N)=O)c2)c1. The number of rotatable bonds is 4. The molecule has 5 heteroatoms. The average molecular weight is 252 g/mol. The highest BCUT2D eigenvalue weighted by Crippen LogP contribution is 2.11. The molecule has 0 saturated carbocycles. The van der Waals surface area contributed by atoms with Crippen molar-refractivity contribution in [3.63, 3.8) is 0 Å². The minimum Gasteiger partial charge on any atom is -0.381 e. The van der Waals surface area contributed by atoms with E-state index in [0.717, 1.165) is 11.3 Å². The molecule has 0 unspecified atom stereocenters. The monoisotopic (exact) mass is 252 g/mol. The molecule has 0 spiro atoms. The summed E-state index contributed by atoms with van der Waals surface area (Å²) in [4.78, 5) is 14.9. The molecule has 0 saturated heterocycles.